The molecule has 1 aliphatic rings. The molecule has 1 fully saturated rings. The molecule has 1 saturated heterocycles. The number of ether oxygens (including phenoxy) is 1. The maximum absolute atomic E-state index is 11.8. The van der Waals surface area contributed by atoms with Gasteiger partial charge in [0.1, 0.15) is 0 Å². The van der Waals surface area contributed by atoms with E-state index in [1.54, 1.807) is 15.9 Å². The fourth-order valence-corrected chi connectivity index (χ4v) is 3.10. The summed E-state index contributed by atoms with van der Waals surface area (Å²) in [6, 6.07) is 3.88. The van der Waals surface area contributed by atoms with Gasteiger partial charge in [-0.1, -0.05) is 11.2 Å². The molecule has 7 heteroatoms. The largest absolute Gasteiger partial charge is 0.441 e. The van der Waals surface area contributed by atoms with Crippen LogP contribution in [0.4, 0.5) is 0 Å². The molecule has 0 amide bonds. The van der Waals surface area contributed by atoms with Gasteiger partial charge in [-0.2, -0.15) is 0 Å². The second-order valence-corrected chi connectivity index (χ2v) is 5.83. The van der Waals surface area contributed by atoms with Gasteiger partial charge in [-0.15, -0.1) is 11.3 Å². The standard InChI is InChI=1S/C13H17N3O3S/c1-10-9-15(6-7-18-10)4-5-16-12(14-19-13(16)17)11-3-2-8-20-11/h2-3,8,10H,4-7,9H2,1H3/t10-/m0/s1. The first-order valence-electron chi connectivity index (χ1n) is 6.68. The molecule has 0 N–H and O–H groups in total. The monoisotopic (exact) mass is 295 g/mol. The van der Waals surface area contributed by atoms with Crippen LogP contribution in [0.3, 0.4) is 0 Å². The molecule has 0 aliphatic carbocycles. The van der Waals surface area contributed by atoms with E-state index in [1.165, 1.54) is 0 Å². The van der Waals surface area contributed by atoms with Crippen molar-refractivity contribution in [1.29, 1.82) is 0 Å². The Balaban J connectivity index is 1.71. The van der Waals surface area contributed by atoms with Crippen LogP contribution in [0.1, 0.15) is 6.92 Å². The van der Waals surface area contributed by atoms with E-state index in [4.69, 9.17) is 9.26 Å². The zero-order valence-corrected chi connectivity index (χ0v) is 12.1. The van der Waals surface area contributed by atoms with Crippen molar-refractivity contribution in [2.45, 2.75) is 19.6 Å². The normalized spacial score (nSPS) is 20.4. The molecular weight excluding hydrogens is 278 g/mol. The molecule has 0 spiro atoms. The summed E-state index contributed by atoms with van der Waals surface area (Å²) in [5.41, 5.74) is 0. The molecule has 0 unspecified atom stereocenters. The lowest BCUT2D eigenvalue weighted by molar-refractivity contribution is -0.0192. The molecule has 0 radical (unpaired) electrons. The molecule has 1 atom stereocenters. The molecule has 2 aromatic heterocycles. The maximum Gasteiger partial charge on any atom is 0.441 e. The molecule has 108 valence electrons. The summed E-state index contributed by atoms with van der Waals surface area (Å²) in [4.78, 5) is 15.0. The molecule has 20 heavy (non-hydrogen) atoms. The number of morpholine rings is 1. The van der Waals surface area contributed by atoms with Crippen LogP contribution in [0.25, 0.3) is 10.7 Å². The SMILES string of the molecule is C[C@H]1CN(CCn2c(-c3cccs3)noc2=O)CCO1. The summed E-state index contributed by atoms with van der Waals surface area (Å²) in [6.07, 6.45) is 0.250. The molecular formula is C13H17N3O3S. The highest BCUT2D eigenvalue weighted by molar-refractivity contribution is 7.13. The van der Waals surface area contributed by atoms with Crippen molar-refractivity contribution in [3.63, 3.8) is 0 Å². The number of thiophene rings is 1. The van der Waals surface area contributed by atoms with Gasteiger partial charge < -0.3 is 4.74 Å². The second kappa shape index (κ2) is 5.90. The Hall–Kier alpha value is -1.44. The molecule has 0 saturated carbocycles. The fourth-order valence-electron chi connectivity index (χ4n) is 2.38. The Labute approximate surface area is 120 Å². The molecule has 3 rings (SSSR count). The lowest BCUT2D eigenvalue weighted by Gasteiger charge is -2.30. The van der Waals surface area contributed by atoms with Crippen LogP contribution < -0.4 is 5.76 Å². The van der Waals surface area contributed by atoms with E-state index in [0.29, 0.717) is 12.4 Å². The zero-order valence-electron chi connectivity index (χ0n) is 11.3. The molecule has 1 aliphatic heterocycles. The summed E-state index contributed by atoms with van der Waals surface area (Å²) in [6.45, 7) is 5.99. The topological polar surface area (TPSA) is 60.5 Å². The summed E-state index contributed by atoms with van der Waals surface area (Å²) in [7, 11) is 0. The van der Waals surface area contributed by atoms with Crippen molar-refractivity contribution >= 4 is 11.3 Å². The Morgan fingerprint density at radius 2 is 2.40 bits per heavy atom. The quantitative estimate of drug-likeness (QED) is 0.850. The van der Waals surface area contributed by atoms with Gasteiger partial charge >= 0.3 is 5.76 Å². The molecule has 3 heterocycles. The third-order valence-corrected chi connectivity index (χ3v) is 4.26. The van der Waals surface area contributed by atoms with Crippen LogP contribution in [0.2, 0.25) is 0 Å². The fraction of sp³-hybridized carbons (Fsp3) is 0.538. The lowest BCUT2D eigenvalue weighted by atomic mass is 10.3. The van der Waals surface area contributed by atoms with Crippen molar-refractivity contribution in [2.24, 2.45) is 0 Å². The van der Waals surface area contributed by atoms with Crippen LogP contribution >= 0.6 is 11.3 Å². The van der Waals surface area contributed by atoms with Crippen LogP contribution in [0.15, 0.2) is 26.8 Å². The van der Waals surface area contributed by atoms with Gasteiger partial charge in [0.15, 0.2) is 5.82 Å². The average Bonchev–Trinajstić information content (AvgIpc) is 3.06. The van der Waals surface area contributed by atoms with E-state index in [1.807, 2.05) is 17.5 Å². The lowest BCUT2D eigenvalue weighted by Crippen LogP contribution is -2.42. The number of nitrogens with zero attached hydrogens (tertiary/aromatic N) is 3. The summed E-state index contributed by atoms with van der Waals surface area (Å²) < 4.78 is 11.9. The third-order valence-electron chi connectivity index (χ3n) is 3.39. The van der Waals surface area contributed by atoms with E-state index in [-0.39, 0.29) is 6.10 Å². The first-order valence-corrected chi connectivity index (χ1v) is 7.56. The second-order valence-electron chi connectivity index (χ2n) is 4.88. The third kappa shape index (κ3) is 2.84. The van der Waals surface area contributed by atoms with Crippen molar-refractivity contribution in [3.8, 4) is 10.7 Å². The predicted octanol–water partition coefficient (Wildman–Crippen LogP) is 1.29. The van der Waals surface area contributed by atoms with E-state index in [0.717, 1.165) is 31.1 Å². The van der Waals surface area contributed by atoms with Gasteiger partial charge in [-0.3, -0.25) is 14.0 Å². The minimum absolute atomic E-state index is 0.250. The van der Waals surface area contributed by atoms with Crippen molar-refractivity contribution < 1.29 is 9.26 Å². The number of hydrogen-bond acceptors (Lipinski definition) is 6. The van der Waals surface area contributed by atoms with Crippen LogP contribution in [-0.4, -0.2) is 47.0 Å². The average molecular weight is 295 g/mol. The number of rotatable bonds is 4. The molecule has 6 nitrogen and oxygen atoms in total. The minimum atomic E-state index is -0.394. The Morgan fingerprint density at radius 3 is 3.15 bits per heavy atom. The van der Waals surface area contributed by atoms with Crippen LogP contribution in [0.5, 0.6) is 0 Å². The molecule has 0 bridgehead atoms. The number of aromatic nitrogens is 2. The van der Waals surface area contributed by atoms with Crippen LogP contribution in [-0.2, 0) is 11.3 Å². The molecule has 2 aromatic rings. The Morgan fingerprint density at radius 1 is 1.50 bits per heavy atom. The maximum atomic E-state index is 11.8. The Bertz CT molecular complexity index is 605. The van der Waals surface area contributed by atoms with Gasteiger partial charge in [-0.05, 0) is 18.4 Å². The van der Waals surface area contributed by atoms with E-state index in [2.05, 4.69) is 17.0 Å². The number of hydrogen-bond donors (Lipinski definition) is 0. The van der Waals surface area contributed by atoms with Gasteiger partial charge in [0.25, 0.3) is 0 Å². The van der Waals surface area contributed by atoms with Gasteiger partial charge in [0.05, 0.1) is 17.6 Å². The summed E-state index contributed by atoms with van der Waals surface area (Å²) >= 11 is 1.55. The zero-order chi connectivity index (χ0) is 13.9. The van der Waals surface area contributed by atoms with Crippen molar-refractivity contribution in [1.82, 2.24) is 14.6 Å². The highest BCUT2D eigenvalue weighted by Gasteiger charge is 2.18. The van der Waals surface area contributed by atoms with Crippen LogP contribution in [0, 0.1) is 0 Å². The van der Waals surface area contributed by atoms with Crippen molar-refractivity contribution in [2.75, 3.05) is 26.2 Å². The first-order chi connectivity index (χ1) is 9.74. The predicted molar refractivity (Wildman–Crippen MR) is 75.9 cm³/mol. The highest BCUT2D eigenvalue weighted by atomic mass is 32.1. The highest BCUT2D eigenvalue weighted by Crippen LogP contribution is 2.21. The van der Waals surface area contributed by atoms with Gasteiger partial charge in [0, 0.05) is 26.2 Å². The van der Waals surface area contributed by atoms with Gasteiger partial charge in [0.2, 0.25) is 0 Å². The van der Waals surface area contributed by atoms with Crippen molar-refractivity contribution in [3.05, 3.63) is 28.1 Å². The summed E-state index contributed by atoms with van der Waals surface area (Å²) in [5, 5.41) is 5.84. The Kier molecular flexibility index (Phi) is 4.00. The summed E-state index contributed by atoms with van der Waals surface area (Å²) in [5.74, 6) is 0.223. The van der Waals surface area contributed by atoms with E-state index >= 15 is 0 Å². The van der Waals surface area contributed by atoms with Gasteiger partial charge in [-0.25, -0.2) is 4.79 Å². The van der Waals surface area contributed by atoms with E-state index < -0.39 is 5.76 Å². The minimum Gasteiger partial charge on any atom is -0.376 e. The first kappa shape index (κ1) is 13.5. The smallest absolute Gasteiger partial charge is 0.376 e. The van der Waals surface area contributed by atoms with E-state index in [9.17, 15) is 4.79 Å². The molecule has 0 aromatic carbocycles.